The highest BCUT2D eigenvalue weighted by atomic mass is 16.5. The van der Waals surface area contributed by atoms with Crippen molar-refractivity contribution in [2.75, 3.05) is 46.4 Å². The molecule has 26 heavy (non-hydrogen) atoms. The van der Waals surface area contributed by atoms with E-state index in [0.717, 1.165) is 38.9 Å². The highest BCUT2D eigenvalue weighted by molar-refractivity contribution is 5.79. The third-order valence-corrected chi connectivity index (χ3v) is 5.13. The summed E-state index contributed by atoms with van der Waals surface area (Å²) in [5, 5.41) is 4.17. The molecule has 2 fully saturated rings. The lowest BCUT2D eigenvalue weighted by Crippen LogP contribution is -2.54. The van der Waals surface area contributed by atoms with Crippen LogP contribution in [0.5, 0.6) is 0 Å². The molecule has 0 radical (unpaired) electrons. The van der Waals surface area contributed by atoms with Crippen molar-refractivity contribution >= 4 is 11.9 Å². The first-order chi connectivity index (χ1) is 12.6. The van der Waals surface area contributed by atoms with Crippen LogP contribution in [0, 0.1) is 0 Å². The SMILES string of the molecule is CN(CCCn1cccn1)C(=O)CC1COCCN1C(=O)N1CCCC1. The summed E-state index contributed by atoms with van der Waals surface area (Å²) >= 11 is 0. The number of carbonyl (C=O) groups excluding carboxylic acids is 2. The van der Waals surface area contributed by atoms with Crippen molar-refractivity contribution in [3.05, 3.63) is 18.5 Å². The van der Waals surface area contributed by atoms with Crippen molar-refractivity contribution < 1.29 is 14.3 Å². The molecule has 2 aliphatic rings. The maximum atomic E-state index is 12.7. The number of ether oxygens (including phenoxy) is 1. The molecule has 8 heteroatoms. The second-order valence-electron chi connectivity index (χ2n) is 7.04. The molecule has 1 unspecified atom stereocenters. The number of morpholine rings is 1. The first-order valence-electron chi connectivity index (χ1n) is 9.50. The molecule has 2 saturated heterocycles. The van der Waals surface area contributed by atoms with E-state index >= 15 is 0 Å². The topological polar surface area (TPSA) is 70.9 Å². The Hall–Kier alpha value is -2.09. The van der Waals surface area contributed by atoms with Crippen molar-refractivity contribution in [1.82, 2.24) is 24.5 Å². The number of hydrogen-bond acceptors (Lipinski definition) is 4. The molecule has 144 valence electrons. The molecule has 3 heterocycles. The summed E-state index contributed by atoms with van der Waals surface area (Å²) < 4.78 is 7.41. The van der Waals surface area contributed by atoms with Crippen molar-refractivity contribution in [2.24, 2.45) is 0 Å². The van der Waals surface area contributed by atoms with E-state index in [0.29, 0.717) is 32.7 Å². The van der Waals surface area contributed by atoms with Gasteiger partial charge in [-0.1, -0.05) is 0 Å². The Bertz CT molecular complexity index is 586. The average molecular weight is 363 g/mol. The van der Waals surface area contributed by atoms with Crippen LogP contribution in [0.2, 0.25) is 0 Å². The number of amides is 3. The maximum absolute atomic E-state index is 12.7. The molecule has 0 aliphatic carbocycles. The number of hydrogen-bond donors (Lipinski definition) is 0. The van der Waals surface area contributed by atoms with E-state index in [1.54, 1.807) is 11.1 Å². The third-order valence-electron chi connectivity index (χ3n) is 5.13. The van der Waals surface area contributed by atoms with Crippen molar-refractivity contribution in [3.63, 3.8) is 0 Å². The quantitative estimate of drug-likeness (QED) is 0.757. The molecule has 0 aromatic carbocycles. The summed E-state index contributed by atoms with van der Waals surface area (Å²) in [5.74, 6) is 0.0557. The molecule has 0 spiro atoms. The van der Waals surface area contributed by atoms with Gasteiger partial charge in [0.05, 0.1) is 19.3 Å². The van der Waals surface area contributed by atoms with Gasteiger partial charge in [-0.25, -0.2) is 4.79 Å². The molecular formula is C18H29N5O3. The number of aryl methyl sites for hydroxylation is 1. The third kappa shape index (κ3) is 4.75. The fourth-order valence-electron chi connectivity index (χ4n) is 3.55. The molecule has 3 amide bonds. The molecular weight excluding hydrogens is 334 g/mol. The van der Waals surface area contributed by atoms with Crippen LogP contribution >= 0.6 is 0 Å². The number of rotatable bonds is 6. The number of likely N-dealkylation sites (tertiary alicyclic amines) is 1. The molecule has 3 rings (SSSR count). The second-order valence-corrected chi connectivity index (χ2v) is 7.04. The summed E-state index contributed by atoms with van der Waals surface area (Å²) in [6.07, 6.45) is 6.98. The molecule has 0 N–H and O–H groups in total. The van der Waals surface area contributed by atoms with E-state index in [9.17, 15) is 9.59 Å². The van der Waals surface area contributed by atoms with Gasteiger partial charge in [0.15, 0.2) is 0 Å². The first kappa shape index (κ1) is 18.7. The van der Waals surface area contributed by atoms with E-state index in [1.807, 2.05) is 33.8 Å². The standard InChI is InChI=1S/C18H29N5O3/c1-20(7-5-11-22-10-4-6-19-22)17(24)14-16-15-26-13-12-23(16)18(25)21-8-2-3-9-21/h4,6,10,16H,2-3,5,7-9,11-15H2,1H3. The molecule has 1 atom stereocenters. The summed E-state index contributed by atoms with van der Waals surface area (Å²) in [6.45, 7) is 4.66. The highest BCUT2D eigenvalue weighted by Crippen LogP contribution is 2.17. The minimum absolute atomic E-state index is 0.0557. The summed E-state index contributed by atoms with van der Waals surface area (Å²) in [6, 6.07) is 1.78. The van der Waals surface area contributed by atoms with E-state index in [1.165, 1.54) is 0 Å². The van der Waals surface area contributed by atoms with Crippen LogP contribution in [0.25, 0.3) is 0 Å². The maximum Gasteiger partial charge on any atom is 0.320 e. The smallest absolute Gasteiger partial charge is 0.320 e. The van der Waals surface area contributed by atoms with Gasteiger partial charge in [0.25, 0.3) is 0 Å². The highest BCUT2D eigenvalue weighted by Gasteiger charge is 2.33. The predicted molar refractivity (Wildman–Crippen MR) is 96.6 cm³/mol. The lowest BCUT2D eigenvalue weighted by Gasteiger charge is -2.38. The normalized spacial score (nSPS) is 20.4. The Morgan fingerprint density at radius 1 is 1.27 bits per heavy atom. The van der Waals surface area contributed by atoms with Crippen molar-refractivity contribution in [1.29, 1.82) is 0 Å². The first-order valence-corrected chi connectivity index (χ1v) is 9.50. The van der Waals surface area contributed by atoms with Crippen LogP contribution in [0.1, 0.15) is 25.7 Å². The number of nitrogens with zero attached hydrogens (tertiary/aromatic N) is 5. The lowest BCUT2D eigenvalue weighted by atomic mass is 10.1. The van der Waals surface area contributed by atoms with Crippen molar-refractivity contribution in [2.45, 2.75) is 38.3 Å². The molecule has 0 bridgehead atoms. The van der Waals surface area contributed by atoms with Gasteiger partial charge < -0.3 is 19.4 Å². The molecule has 1 aromatic rings. The van der Waals surface area contributed by atoms with Crippen LogP contribution in [-0.4, -0.2) is 88.9 Å². The molecule has 1 aromatic heterocycles. The van der Waals surface area contributed by atoms with Crippen LogP contribution in [0.3, 0.4) is 0 Å². The van der Waals surface area contributed by atoms with Crippen LogP contribution in [-0.2, 0) is 16.1 Å². The van der Waals surface area contributed by atoms with E-state index in [4.69, 9.17) is 4.74 Å². The molecule has 8 nitrogen and oxygen atoms in total. The zero-order valence-corrected chi connectivity index (χ0v) is 15.5. The van der Waals surface area contributed by atoms with Crippen LogP contribution in [0.15, 0.2) is 18.5 Å². The Morgan fingerprint density at radius 2 is 2.08 bits per heavy atom. The summed E-state index contributed by atoms with van der Waals surface area (Å²) in [7, 11) is 1.82. The van der Waals surface area contributed by atoms with E-state index in [2.05, 4.69) is 5.10 Å². The Morgan fingerprint density at radius 3 is 2.81 bits per heavy atom. The average Bonchev–Trinajstić information content (AvgIpc) is 3.35. The van der Waals surface area contributed by atoms with Gasteiger partial charge in [0, 0.05) is 58.6 Å². The van der Waals surface area contributed by atoms with Gasteiger partial charge in [-0.3, -0.25) is 9.48 Å². The second kappa shape index (κ2) is 9.02. The monoisotopic (exact) mass is 363 g/mol. The van der Waals surface area contributed by atoms with Crippen LogP contribution in [0.4, 0.5) is 4.79 Å². The van der Waals surface area contributed by atoms with Gasteiger partial charge in [-0.05, 0) is 25.3 Å². The number of aromatic nitrogens is 2. The minimum atomic E-state index is -0.169. The number of carbonyl (C=O) groups is 2. The van der Waals surface area contributed by atoms with Gasteiger partial charge in [-0.15, -0.1) is 0 Å². The number of urea groups is 1. The van der Waals surface area contributed by atoms with Gasteiger partial charge in [-0.2, -0.15) is 5.10 Å². The lowest BCUT2D eigenvalue weighted by molar-refractivity contribution is -0.132. The minimum Gasteiger partial charge on any atom is -0.377 e. The molecule has 2 aliphatic heterocycles. The largest absolute Gasteiger partial charge is 0.377 e. The van der Waals surface area contributed by atoms with Gasteiger partial charge in [0.1, 0.15) is 0 Å². The van der Waals surface area contributed by atoms with Gasteiger partial charge >= 0.3 is 6.03 Å². The zero-order valence-electron chi connectivity index (χ0n) is 15.5. The Labute approximate surface area is 154 Å². The zero-order chi connectivity index (χ0) is 18.4. The summed E-state index contributed by atoms with van der Waals surface area (Å²) in [5.41, 5.74) is 0. The Balaban J connectivity index is 1.48. The molecule has 0 saturated carbocycles. The van der Waals surface area contributed by atoms with Crippen LogP contribution < -0.4 is 0 Å². The summed E-state index contributed by atoms with van der Waals surface area (Å²) in [4.78, 5) is 30.8. The van der Waals surface area contributed by atoms with E-state index in [-0.39, 0.29) is 18.0 Å². The fraction of sp³-hybridized carbons (Fsp3) is 0.722. The van der Waals surface area contributed by atoms with Gasteiger partial charge in [0.2, 0.25) is 5.91 Å². The van der Waals surface area contributed by atoms with Crippen molar-refractivity contribution in [3.8, 4) is 0 Å². The van der Waals surface area contributed by atoms with E-state index < -0.39 is 0 Å². The Kier molecular flexibility index (Phi) is 6.49. The fourth-order valence-corrected chi connectivity index (χ4v) is 3.55. The predicted octanol–water partition coefficient (Wildman–Crippen LogP) is 1.04.